The van der Waals surface area contributed by atoms with Crippen molar-refractivity contribution in [3.05, 3.63) is 97.2 Å². The predicted octanol–water partition coefficient (Wildman–Crippen LogP) is 12.6. The Morgan fingerprint density at radius 2 is 0.885 bits per heavy atom. The third kappa shape index (κ3) is 39.1. The molecular weight excluding hydrogens is 647 g/mol. The number of carbonyl (C=O) groups is 3. The normalized spacial score (nSPS) is 13.1. The highest BCUT2D eigenvalue weighted by Gasteiger charge is 2.14. The Morgan fingerprint density at radius 1 is 0.500 bits per heavy atom. The highest BCUT2D eigenvalue weighted by molar-refractivity contribution is 5.80. The maximum atomic E-state index is 12.7. The minimum absolute atomic E-state index is 0.0407. The number of nitrogens with one attached hydrogen (secondary N) is 1. The number of allylic oxidation sites excluding steroid dienone is 16. The van der Waals surface area contributed by atoms with Crippen LogP contribution in [-0.2, 0) is 19.1 Å². The highest BCUT2D eigenvalue weighted by Crippen LogP contribution is 2.17. The van der Waals surface area contributed by atoms with E-state index in [2.05, 4.69) is 116 Å². The summed E-state index contributed by atoms with van der Waals surface area (Å²) in [4.78, 5) is 35.0. The van der Waals surface area contributed by atoms with Gasteiger partial charge in [-0.2, -0.15) is 0 Å². The van der Waals surface area contributed by atoms with Crippen molar-refractivity contribution in [2.45, 2.75) is 168 Å². The average Bonchev–Trinajstić information content (AvgIpc) is 3.13. The molecule has 0 saturated heterocycles. The molecule has 52 heavy (non-hydrogen) atoms. The molecule has 0 radical (unpaired) electrons. The molecule has 292 valence electrons. The van der Waals surface area contributed by atoms with Crippen molar-refractivity contribution in [2.75, 3.05) is 6.54 Å². The van der Waals surface area contributed by atoms with Crippen LogP contribution >= 0.6 is 0 Å². The molecule has 0 aliphatic carbocycles. The minimum atomic E-state index is -1.03. The number of carboxylic acid groups (broad SMARTS) is 1. The van der Waals surface area contributed by atoms with Crippen LogP contribution in [0.15, 0.2) is 97.2 Å². The van der Waals surface area contributed by atoms with E-state index in [1.54, 1.807) is 0 Å². The van der Waals surface area contributed by atoms with Crippen molar-refractivity contribution in [3.8, 4) is 0 Å². The van der Waals surface area contributed by atoms with Gasteiger partial charge < -0.3 is 15.2 Å². The van der Waals surface area contributed by atoms with Gasteiger partial charge in [-0.05, 0) is 116 Å². The number of carboxylic acids is 1. The van der Waals surface area contributed by atoms with Gasteiger partial charge in [0.1, 0.15) is 12.6 Å². The predicted molar refractivity (Wildman–Crippen MR) is 221 cm³/mol. The van der Waals surface area contributed by atoms with Crippen molar-refractivity contribution >= 4 is 17.8 Å². The van der Waals surface area contributed by atoms with Crippen LogP contribution in [0.5, 0.6) is 0 Å². The molecule has 1 unspecified atom stereocenters. The number of hydrogen-bond donors (Lipinski definition) is 2. The minimum Gasteiger partial charge on any atom is -0.480 e. The van der Waals surface area contributed by atoms with E-state index in [4.69, 9.17) is 9.84 Å². The first kappa shape index (κ1) is 48.3. The first-order chi connectivity index (χ1) is 25.5. The molecule has 0 rings (SSSR count). The van der Waals surface area contributed by atoms with Crippen LogP contribution in [-0.4, -0.2) is 35.6 Å². The number of rotatable bonds is 35. The zero-order chi connectivity index (χ0) is 38.0. The van der Waals surface area contributed by atoms with Crippen LogP contribution in [0.25, 0.3) is 0 Å². The summed E-state index contributed by atoms with van der Waals surface area (Å²) in [7, 11) is 0. The molecule has 0 bridgehead atoms. The van der Waals surface area contributed by atoms with Crippen molar-refractivity contribution in [3.63, 3.8) is 0 Å². The standard InChI is InChI=1S/C46H73NO5/c1-3-5-7-9-11-13-15-17-19-21-23-25-27-30-34-38-43(39-35-31-29-32-36-40-44(48)47-42-45(49)50)52-46(51)41-37-33-28-26-24-22-20-18-16-14-12-10-8-6-4-2/h5-8,11-14,17-20,23-26,43H,3-4,9-10,15-16,21-22,27-42H2,1-2H3,(H,47,48)(H,49,50)/b7-5-,8-6-,13-11-,14-12-,19-17-,20-18-,25-23-,26-24-. The lowest BCUT2D eigenvalue weighted by atomic mass is 10.0. The molecule has 0 aromatic carbocycles. The van der Waals surface area contributed by atoms with E-state index in [1.165, 1.54) is 0 Å². The van der Waals surface area contributed by atoms with Crippen LogP contribution in [0.1, 0.15) is 162 Å². The van der Waals surface area contributed by atoms with Crippen LogP contribution in [0.2, 0.25) is 0 Å². The van der Waals surface area contributed by atoms with Crippen LogP contribution in [0, 0.1) is 0 Å². The molecule has 0 aromatic rings. The van der Waals surface area contributed by atoms with E-state index < -0.39 is 5.97 Å². The molecule has 0 fully saturated rings. The van der Waals surface area contributed by atoms with Crippen molar-refractivity contribution in [1.82, 2.24) is 5.32 Å². The molecule has 1 amide bonds. The van der Waals surface area contributed by atoms with Gasteiger partial charge in [0.25, 0.3) is 0 Å². The molecule has 0 saturated carbocycles. The molecular formula is C46H73NO5. The second kappa shape index (κ2) is 40.1. The van der Waals surface area contributed by atoms with E-state index in [-0.39, 0.29) is 24.5 Å². The molecule has 0 aliphatic heterocycles. The fourth-order valence-electron chi connectivity index (χ4n) is 5.32. The van der Waals surface area contributed by atoms with Gasteiger partial charge in [0.2, 0.25) is 5.91 Å². The molecule has 6 nitrogen and oxygen atoms in total. The Kier molecular flexibility index (Phi) is 37.3. The van der Waals surface area contributed by atoms with Gasteiger partial charge in [-0.1, -0.05) is 130 Å². The third-order valence-electron chi connectivity index (χ3n) is 8.25. The lowest BCUT2D eigenvalue weighted by Crippen LogP contribution is -2.28. The van der Waals surface area contributed by atoms with E-state index in [1.807, 2.05) is 0 Å². The quantitative estimate of drug-likeness (QED) is 0.0386. The molecule has 1 atom stereocenters. The number of ether oxygens (including phenoxy) is 1. The number of hydrogen-bond acceptors (Lipinski definition) is 4. The second-order valence-corrected chi connectivity index (χ2v) is 13.1. The number of esters is 1. The fraction of sp³-hybridized carbons (Fsp3) is 0.587. The summed E-state index contributed by atoms with van der Waals surface area (Å²) < 4.78 is 5.98. The van der Waals surface area contributed by atoms with E-state index >= 15 is 0 Å². The number of unbranched alkanes of at least 4 members (excludes halogenated alkanes) is 8. The van der Waals surface area contributed by atoms with Crippen LogP contribution in [0.3, 0.4) is 0 Å². The average molecular weight is 720 g/mol. The molecule has 0 aromatic heterocycles. The monoisotopic (exact) mass is 720 g/mol. The number of carbonyl (C=O) groups excluding carboxylic acids is 2. The zero-order valence-electron chi connectivity index (χ0n) is 32.9. The molecule has 0 heterocycles. The lowest BCUT2D eigenvalue weighted by Gasteiger charge is -2.18. The van der Waals surface area contributed by atoms with E-state index in [0.717, 1.165) is 135 Å². The first-order valence-corrected chi connectivity index (χ1v) is 20.4. The summed E-state index contributed by atoms with van der Waals surface area (Å²) in [5.74, 6) is -1.32. The van der Waals surface area contributed by atoms with Gasteiger partial charge in [-0.25, -0.2) is 0 Å². The Hall–Kier alpha value is -3.67. The summed E-state index contributed by atoms with van der Waals surface area (Å²) in [6.07, 6.45) is 56.6. The maximum absolute atomic E-state index is 12.7. The Morgan fingerprint density at radius 3 is 1.37 bits per heavy atom. The molecule has 0 aliphatic rings. The van der Waals surface area contributed by atoms with Gasteiger partial charge in [0.05, 0.1) is 0 Å². The summed E-state index contributed by atoms with van der Waals surface area (Å²) in [5, 5.41) is 11.1. The maximum Gasteiger partial charge on any atom is 0.322 e. The van der Waals surface area contributed by atoms with Gasteiger partial charge in [-0.15, -0.1) is 0 Å². The summed E-state index contributed by atoms with van der Waals surface area (Å²) in [5.41, 5.74) is 0. The lowest BCUT2D eigenvalue weighted by molar-refractivity contribution is -0.150. The summed E-state index contributed by atoms with van der Waals surface area (Å²) in [6, 6.07) is 0. The van der Waals surface area contributed by atoms with Crippen LogP contribution in [0.4, 0.5) is 0 Å². The van der Waals surface area contributed by atoms with Gasteiger partial charge in [0.15, 0.2) is 0 Å². The smallest absolute Gasteiger partial charge is 0.322 e. The van der Waals surface area contributed by atoms with Crippen molar-refractivity contribution < 1.29 is 24.2 Å². The molecule has 0 spiro atoms. The van der Waals surface area contributed by atoms with E-state index in [9.17, 15) is 14.4 Å². The van der Waals surface area contributed by atoms with Crippen LogP contribution < -0.4 is 5.32 Å². The largest absolute Gasteiger partial charge is 0.480 e. The number of aliphatic carboxylic acids is 1. The van der Waals surface area contributed by atoms with Crippen molar-refractivity contribution in [2.24, 2.45) is 0 Å². The van der Waals surface area contributed by atoms with E-state index in [0.29, 0.717) is 12.8 Å². The fourth-order valence-corrected chi connectivity index (χ4v) is 5.32. The topological polar surface area (TPSA) is 92.7 Å². The van der Waals surface area contributed by atoms with Gasteiger partial charge in [-0.3, -0.25) is 14.4 Å². The SMILES string of the molecule is CC/C=C\C/C=C\C/C=C\C/C=C\CCCCC(=O)OC(CCCC/C=C\C/C=C\C/C=C\C/C=C\CC)CCCCCCCC(=O)NCC(=O)O. The Labute approximate surface area is 318 Å². The first-order valence-electron chi connectivity index (χ1n) is 20.4. The zero-order valence-corrected chi connectivity index (χ0v) is 32.9. The second-order valence-electron chi connectivity index (χ2n) is 13.1. The summed E-state index contributed by atoms with van der Waals surface area (Å²) >= 11 is 0. The van der Waals surface area contributed by atoms with Gasteiger partial charge in [0, 0.05) is 12.8 Å². The Balaban J connectivity index is 4.40. The summed E-state index contributed by atoms with van der Waals surface area (Å²) in [6.45, 7) is 3.97. The number of amides is 1. The molecule has 6 heteroatoms. The van der Waals surface area contributed by atoms with Gasteiger partial charge >= 0.3 is 11.9 Å². The highest BCUT2D eigenvalue weighted by atomic mass is 16.5. The molecule has 2 N–H and O–H groups in total. The van der Waals surface area contributed by atoms with Crippen molar-refractivity contribution in [1.29, 1.82) is 0 Å². The Bertz CT molecular complexity index is 1110. The third-order valence-corrected chi connectivity index (χ3v) is 8.25.